The molecule has 1 aliphatic heterocycles. The normalized spacial score (nSPS) is 34.4. The van der Waals surface area contributed by atoms with E-state index in [2.05, 4.69) is 23.9 Å². The van der Waals surface area contributed by atoms with Gasteiger partial charge in [-0.25, -0.2) is 0 Å². The van der Waals surface area contributed by atoms with E-state index in [1.165, 1.54) is 45.4 Å². The average Bonchev–Trinajstić information content (AvgIpc) is 2.58. The molecule has 1 saturated carbocycles. The fraction of sp³-hybridized carbons (Fsp3) is 1.00. The number of fused-ring (bicyclic) bond motifs is 1. The van der Waals surface area contributed by atoms with E-state index in [4.69, 9.17) is 0 Å². The molecule has 2 rings (SSSR count). The van der Waals surface area contributed by atoms with Crippen LogP contribution in [0.4, 0.5) is 0 Å². The van der Waals surface area contributed by atoms with Crippen molar-refractivity contribution in [3.8, 4) is 0 Å². The summed E-state index contributed by atoms with van der Waals surface area (Å²) >= 11 is 0. The molecule has 0 unspecified atom stereocenters. The second-order valence-corrected chi connectivity index (χ2v) is 5.01. The molecule has 0 aromatic rings. The van der Waals surface area contributed by atoms with E-state index in [9.17, 15) is 0 Å². The lowest BCUT2D eigenvalue weighted by atomic mass is 10.0. The van der Waals surface area contributed by atoms with Gasteiger partial charge < -0.3 is 9.80 Å². The molecule has 1 saturated heterocycles. The summed E-state index contributed by atoms with van der Waals surface area (Å²) in [5.41, 5.74) is 0. The highest BCUT2D eigenvalue weighted by molar-refractivity contribution is 4.88. The van der Waals surface area contributed by atoms with E-state index in [0.29, 0.717) is 0 Å². The van der Waals surface area contributed by atoms with Crippen LogP contribution in [0.15, 0.2) is 0 Å². The molecule has 1 heterocycles. The smallest absolute Gasteiger partial charge is 0.0109 e. The summed E-state index contributed by atoms with van der Waals surface area (Å²) in [6.07, 6.45) is 4.50. The van der Waals surface area contributed by atoms with Crippen LogP contribution in [-0.4, -0.2) is 50.1 Å². The molecule has 0 aromatic carbocycles. The first-order valence-corrected chi connectivity index (χ1v) is 5.63. The Kier molecular flexibility index (Phi) is 2.89. The third-order valence-corrected chi connectivity index (χ3v) is 3.67. The molecule has 2 fully saturated rings. The van der Waals surface area contributed by atoms with Gasteiger partial charge in [-0.3, -0.25) is 0 Å². The summed E-state index contributed by atoms with van der Waals surface area (Å²) in [6, 6.07) is 0. The molecule has 0 bridgehead atoms. The molecule has 13 heavy (non-hydrogen) atoms. The van der Waals surface area contributed by atoms with Crippen molar-refractivity contribution in [1.29, 1.82) is 0 Å². The maximum atomic E-state index is 2.66. The molecule has 2 atom stereocenters. The van der Waals surface area contributed by atoms with Gasteiger partial charge in [-0.2, -0.15) is 0 Å². The SMILES string of the molecule is CN(C)CCN1C[C@H]2CCC[C@H]2C1. The van der Waals surface area contributed by atoms with Crippen LogP contribution in [0.3, 0.4) is 0 Å². The predicted molar refractivity (Wildman–Crippen MR) is 55.8 cm³/mol. The average molecular weight is 182 g/mol. The van der Waals surface area contributed by atoms with Crippen LogP contribution in [0, 0.1) is 11.8 Å². The lowest BCUT2D eigenvalue weighted by Gasteiger charge is -2.19. The third-order valence-electron chi connectivity index (χ3n) is 3.67. The fourth-order valence-electron chi connectivity index (χ4n) is 2.86. The highest BCUT2D eigenvalue weighted by atomic mass is 15.2. The minimum Gasteiger partial charge on any atom is -0.308 e. The minimum atomic E-state index is 1.06. The van der Waals surface area contributed by atoms with Gasteiger partial charge in [0.05, 0.1) is 0 Å². The van der Waals surface area contributed by atoms with Gasteiger partial charge in [0.1, 0.15) is 0 Å². The molecule has 0 aromatic heterocycles. The van der Waals surface area contributed by atoms with Crippen LogP contribution in [0.5, 0.6) is 0 Å². The molecule has 1 aliphatic carbocycles. The first-order chi connectivity index (χ1) is 6.25. The lowest BCUT2D eigenvalue weighted by molar-refractivity contribution is 0.267. The van der Waals surface area contributed by atoms with Crippen molar-refractivity contribution in [1.82, 2.24) is 9.80 Å². The van der Waals surface area contributed by atoms with Crippen LogP contribution in [0.2, 0.25) is 0 Å². The molecule has 0 amide bonds. The van der Waals surface area contributed by atoms with Crippen LogP contribution in [-0.2, 0) is 0 Å². The van der Waals surface area contributed by atoms with E-state index < -0.39 is 0 Å². The van der Waals surface area contributed by atoms with Crippen molar-refractivity contribution in [2.75, 3.05) is 40.3 Å². The highest BCUT2D eigenvalue weighted by Gasteiger charge is 2.35. The monoisotopic (exact) mass is 182 g/mol. The van der Waals surface area contributed by atoms with Gasteiger partial charge in [-0.15, -0.1) is 0 Å². The van der Waals surface area contributed by atoms with Gasteiger partial charge in [-0.05, 0) is 38.8 Å². The minimum absolute atomic E-state index is 1.06. The van der Waals surface area contributed by atoms with E-state index in [1.54, 1.807) is 0 Å². The Bertz CT molecular complexity index is 155. The van der Waals surface area contributed by atoms with Gasteiger partial charge in [-0.1, -0.05) is 6.42 Å². The Morgan fingerprint density at radius 2 is 1.77 bits per heavy atom. The second kappa shape index (κ2) is 3.97. The molecular formula is C11H22N2. The number of hydrogen-bond donors (Lipinski definition) is 0. The summed E-state index contributed by atoms with van der Waals surface area (Å²) in [4.78, 5) is 4.95. The van der Waals surface area contributed by atoms with E-state index >= 15 is 0 Å². The van der Waals surface area contributed by atoms with Crippen LogP contribution in [0.25, 0.3) is 0 Å². The predicted octanol–water partition coefficient (Wildman–Crippen LogP) is 1.28. The quantitative estimate of drug-likeness (QED) is 0.649. The Morgan fingerprint density at radius 3 is 2.31 bits per heavy atom. The van der Waals surface area contributed by atoms with Gasteiger partial charge in [0, 0.05) is 26.2 Å². The Labute approximate surface area is 81.9 Å². The Balaban J connectivity index is 1.73. The zero-order chi connectivity index (χ0) is 9.26. The third kappa shape index (κ3) is 2.23. The summed E-state index contributed by atoms with van der Waals surface area (Å²) < 4.78 is 0. The lowest BCUT2D eigenvalue weighted by Crippen LogP contribution is -2.30. The van der Waals surface area contributed by atoms with Crippen LogP contribution < -0.4 is 0 Å². The van der Waals surface area contributed by atoms with Crippen molar-refractivity contribution >= 4 is 0 Å². The highest BCUT2D eigenvalue weighted by Crippen LogP contribution is 2.37. The summed E-state index contributed by atoms with van der Waals surface area (Å²) in [7, 11) is 4.33. The Morgan fingerprint density at radius 1 is 1.15 bits per heavy atom. The van der Waals surface area contributed by atoms with Gasteiger partial charge >= 0.3 is 0 Å². The first kappa shape index (κ1) is 9.47. The molecule has 0 N–H and O–H groups in total. The van der Waals surface area contributed by atoms with Gasteiger partial charge in [0.25, 0.3) is 0 Å². The Hall–Kier alpha value is -0.0800. The van der Waals surface area contributed by atoms with Crippen LogP contribution in [0.1, 0.15) is 19.3 Å². The van der Waals surface area contributed by atoms with Crippen molar-refractivity contribution in [2.24, 2.45) is 11.8 Å². The number of likely N-dealkylation sites (tertiary alicyclic amines) is 1. The van der Waals surface area contributed by atoms with E-state index in [-0.39, 0.29) is 0 Å². The van der Waals surface area contributed by atoms with E-state index in [1.807, 2.05) is 0 Å². The van der Waals surface area contributed by atoms with Crippen molar-refractivity contribution in [3.05, 3.63) is 0 Å². The summed E-state index contributed by atoms with van der Waals surface area (Å²) in [5.74, 6) is 2.12. The van der Waals surface area contributed by atoms with Gasteiger partial charge in [0.15, 0.2) is 0 Å². The fourth-order valence-corrected chi connectivity index (χ4v) is 2.86. The van der Waals surface area contributed by atoms with E-state index in [0.717, 1.165) is 11.8 Å². The molecule has 2 heteroatoms. The number of nitrogens with zero attached hydrogens (tertiary/aromatic N) is 2. The number of likely N-dealkylation sites (N-methyl/N-ethyl adjacent to an activating group) is 1. The summed E-state index contributed by atoms with van der Waals surface area (Å²) in [6.45, 7) is 5.27. The molecule has 2 aliphatic rings. The van der Waals surface area contributed by atoms with Gasteiger partial charge in [0.2, 0.25) is 0 Å². The topological polar surface area (TPSA) is 6.48 Å². The maximum Gasteiger partial charge on any atom is 0.0109 e. The zero-order valence-electron chi connectivity index (χ0n) is 9.00. The maximum absolute atomic E-state index is 2.66. The molecule has 76 valence electrons. The molecule has 0 radical (unpaired) electrons. The zero-order valence-corrected chi connectivity index (χ0v) is 9.00. The summed E-state index contributed by atoms with van der Waals surface area (Å²) in [5, 5.41) is 0. The first-order valence-electron chi connectivity index (χ1n) is 5.63. The number of rotatable bonds is 3. The molecule has 0 spiro atoms. The second-order valence-electron chi connectivity index (χ2n) is 5.01. The largest absolute Gasteiger partial charge is 0.308 e. The van der Waals surface area contributed by atoms with Crippen molar-refractivity contribution < 1.29 is 0 Å². The van der Waals surface area contributed by atoms with Crippen LogP contribution >= 0.6 is 0 Å². The molecular weight excluding hydrogens is 160 g/mol. The van der Waals surface area contributed by atoms with Crippen molar-refractivity contribution in [2.45, 2.75) is 19.3 Å². The number of hydrogen-bond acceptors (Lipinski definition) is 2. The van der Waals surface area contributed by atoms with Crippen molar-refractivity contribution in [3.63, 3.8) is 0 Å². The molecule has 2 nitrogen and oxygen atoms in total. The standard InChI is InChI=1S/C11H22N2/c1-12(2)6-7-13-8-10-4-3-5-11(10)9-13/h10-11H,3-9H2,1-2H3/t10-,11+.